The predicted octanol–water partition coefficient (Wildman–Crippen LogP) is 18.0. The molecule has 0 aliphatic carbocycles. The van der Waals surface area contributed by atoms with E-state index in [9.17, 15) is 0 Å². The van der Waals surface area contributed by atoms with E-state index in [-0.39, 0.29) is 0 Å². The van der Waals surface area contributed by atoms with Crippen LogP contribution in [0.25, 0.3) is 105 Å². The summed E-state index contributed by atoms with van der Waals surface area (Å²) < 4.78 is 8.95. The molecular weight excluding hydrogens is 813 g/mol. The molecule has 2 aromatic heterocycles. The molecule has 0 spiro atoms. The van der Waals surface area contributed by atoms with Crippen molar-refractivity contribution in [2.75, 3.05) is 4.90 Å². The standard InChI is InChI=1S/C64H42N2O/c1-3-13-43(14-4-1)44-25-33-51(34-26-44)65(52-35-27-45(28-36-52)49-32-40-63-59(41-49)58-22-12-21-55(64(58)67-63)48-15-5-2-6-16-48)53-37-29-46(30-38-53)50-31-39-57-56-20-9-10-23-61(56)66(62(57)42-50)60-24-11-18-47-17-7-8-19-54(47)60/h1-42H. The molecule has 13 rings (SSSR count). The number of para-hydroxylation sites is 2. The molecule has 0 saturated heterocycles. The van der Waals surface area contributed by atoms with E-state index < -0.39 is 0 Å². The van der Waals surface area contributed by atoms with Crippen molar-refractivity contribution in [3.8, 4) is 50.2 Å². The van der Waals surface area contributed by atoms with Crippen molar-refractivity contribution < 1.29 is 4.42 Å². The fraction of sp³-hybridized carbons (Fsp3) is 0. The average Bonchev–Trinajstić information content (AvgIpc) is 3.95. The number of hydrogen-bond donors (Lipinski definition) is 0. The van der Waals surface area contributed by atoms with Crippen LogP contribution in [0.4, 0.5) is 17.1 Å². The highest BCUT2D eigenvalue weighted by Crippen LogP contribution is 2.42. The minimum Gasteiger partial charge on any atom is -0.455 e. The molecule has 0 atom stereocenters. The molecule has 0 amide bonds. The zero-order chi connectivity index (χ0) is 44.3. The van der Waals surface area contributed by atoms with Crippen LogP contribution in [0.3, 0.4) is 0 Å². The van der Waals surface area contributed by atoms with Gasteiger partial charge in [0.15, 0.2) is 0 Å². The van der Waals surface area contributed by atoms with Crippen molar-refractivity contribution in [1.82, 2.24) is 4.57 Å². The summed E-state index contributed by atoms with van der Waals surface area (Å²) >= 11 is 0. The smallest absolute Gasteiger partial charge is 0.143 e. The molecule has 0 unspecified atom stereocenters. The summed E-state index contributed by atoms with van der Waals surface area (Å²) in [6.45, 7) is 0. The number of fused-ring (bicyclic) bond motifs is 7. The van der Waals surface area contributed by atoms with Gasteiger partial charge >= 0.3 is 0 Å². The van der Waals surface area contributed by atoms with E-state index in [4.69, 9.17) is 4.42 Å². The van der Waals surface area contributed by atoms with Crippen LogP contribution in [0.2, 0.25) is 0 Å². The average molecular weight is 855 g/mol. The van der Waals surface area contributed by atoms with Gasteiger partial charge in [-0.15, -0.1) is 0 Å². The normalized spacial score (nSPS) is 11.6. The first kappa shape index (κ1) is 38.5. The molecule has 0 fully saturated rings. The molecule has 314 valence electrons. The number of aromatic nitrogens is 1. The molecule has 0 radical (unpaired) electrons. The first-order valence-corrected chi connectivity index (χ1v) is 22.9. The highest BCUT2D eigenvalue weighted by molar-refractivity contribution is 6.12. The van der Waals surface area contributed by atoms with Crippen LogP contribution in [0.1, 0.15) is 0 Å². The van der Waals surface area contributed by atoms with Gasteiger partial charge < -0.3 is 13.9 Å². The second kappa shape index (κ2) is 16.0. The summed E-state index contributed by atoms with van der Waals surface area (Å²) in [7, 11) is 0. The Bertz CT molecular complexity index is 3940. The summed E-state index contributed by atoms with van der Waals surface area (Å²) in [5.74, 6) is 0. The maximum Gasteiger partial charge on any atom is 0.143 e. The molecule has 3 heteroatoms. The SMILES string of the molecule is c1ccc(-c2ccc(N(c3ccc(-c4ccc5oc6c(-c7ccccc7)cccc6c5c4)cc3)c3ccc(-c4ccc5c6ccccc6n(-c6cccc7ccccc67)c5c4)cc3)cc2)cc1. The first-order chi connectivity index (χ1) is 33.2. The van der Waals surface area contributed by atoms with E-state index in [0.29, 0.717) is 0 Å². The Kier molecular flexibility index (Phi) is 9.17. The highest BCUT2D eigenvalue weighted by atomic mass is 16.3. The Balaban J connectivity index is 0.879. The maximum atomic E-state index is 6.51. The third kappa shape index (κ3) is 6.67. The van der Waals surface area contributed by atoms with E-state index >= 15 is 0 Å². The first-order valence-electron chi connectivity index (χ1n) is 22.9. The van der Waals surface area contributed by atoms with E-state index in [1.165, 1.54) is 55.0 Å². The van der Waals surface area contributed by atoms with Crippen LogP contribution in [-0.2, 0) is 0 Å². The molecular formula is C64H42N2O. The summed E-state index contributed by atoms with van der Waals surface area (Å²) in [6.07, 6.45) is 0. The highest BCUT2D eigenvalue weighted by Gasteiger charge is 2.18. The molecule has 0 aliphatic rings. The van der Waals surface area contributed by atoms with E-state index in [2.05, 4.69) is 258 Å². The minimum atomic E-state index is 0.888. The van der Waals surface area contributed by atoms with Crippen molar-refractivity contribution in [3.05, 3.63) is 255 Å². The van der Waals surface area contributed by atoms with Gasteiger partial charge in [-0.25, -0.2) is 0 Å². The lowest BCUT2D eigenvalue weighted by atomic mass is 10.00. The Morgan fingerprint density at radius 1 is 0.299 bits per heavy atom. The van der Waals surface area contributed by atoms with Gasteiger partial charge in [-0.2, -0.15) is 0 Å². The number of furan rings is 1. The van der Waals surface area contributed by atoms with Crippen molar-refractivity contribution >= 4 is 71.6 Å². The molecule has 0 bridgehead atoms. The molecule has 2 heterocycles. The second-order valence-corrected chi connectivity index (χ2v) is 17.3. The fourth-order valence-electron chi connectivity index (χ4n) is 10.1. The lowest BCUT2D eigenvalue weighted by Gasteiger charge is -2.26. The predicted molar refractivity (Wildman–Crippen MR) is 282 cm³/mol. The van der Waals surface area contributed by atoms with Crippen molar-refractivity contribution in [2.24, 2.45) is 0 Å². The second-order valence-electron chi connectivity index (χ2n) is 17.3. The van der Waals surface area contributed by atoms with Gasteiger partial charge in [0, 0.05) is 49.6 Å². The van der Waals surface area contributed by atoms with Crippen LogP contribution in [0.15, 0.2) is 259 Å². The lowest BCUT2D eigenvalue weighted by molar-refractivity contribution is 0.670. The third-order valence-corrected chi connectivity index (χ3v) is 13.4. The number of benzene rings is 11. The molecule has 0 saturated carbocycles. The van der Waals surface area contributed by atoms with Gasteiger partial charge in [0.05, 0.1) is 16.7 Å². The van der Waals surface area contributed by atoms with Crippen LogP contribution < -0.4 is 4.90 Å². The Morgan fingerprint density at radius 2 is 0.791 bits per heavy atom. The minimum absolute atomic E-state index is 0.888. The number of rotatable bonds is 8. The van der Waals surface area contributed by atoms with Crippen molar-refractivity contribution in [2.45, 2.75) is 0 Å². The zero-order valence-corrected chi connectivity index (χ0v) is 36.6. The summed E-state index contributed by atoms with van der Waals surface area (Å²) in [5, 5.41) is 7.19. The largest absolute Gasteiger partial charge is 0.455 e. The summed E-state index contributed by atoms with van der Waals surface area (Å²) in [4.78, 5) is 2.35. The topological polar surface area (TPSA) is 21.3 Å². The molecule has 0 aliphatic heterocycles. The Morgan fingerprint density at radius 3 is 1.49 bits per heavy atom. The van der Waals surface area contributed by atoms with Gasteiger partial charge in [-0.05, 0) is 111 Å². The van der Waals surface area contributed by atoms with Gasteiger partial charge in [0.1, 0.15) is 11.2 Å². The molecule has 11 aromatic carbocycles. The maximum absolute atomic E-state index is 6.51. The van der Waals surface area contributed by atoms with Crippen LogP contribution in [-0.4, -0.2) is 4.57 Å². The van der Waals surface area contributed by atoms with Crippen molar-refractivity contribution in [1.29, 1.82) is 0 Å². The Hall–Kier alpha value is -8.92. The Labute approximate surface area is 388 Å². The quantitative estimate of drug-likeness (QED) is 0.152. The van der Waals surface area contributed by atoms with Crippen LogP contribution in [0.5, 0.6) is 0 Å². The molecule has 0 N–H and O–H groups in total. The van der Waals surface area contributed by atoms with E-state index in [1.807, 2.05) is 6.07 Å². The summed E-state index contributed by atoms with van der Waals surface area (Å²) in [5.41, 5.74) is 17.9. The van der Waals surface area contributed by atoms with Gasteiger partial charge in [0.2, 0.25) is 0 Å². The monoisotopic (exact) mass is 854 g/mol. The van der Waals surface area contributed by atoms with Crippen LogP contribution in [0, 0.1) is 0 Å². The van der Waals surface area contributed by atoms with E-state index in [1.54, 1.807) is 0 Å². The molecule has 3 nitrogen and oxygen atoms in total. The molecule has 13 aromatic rings. The number of anilines is 3. The van der Waals surface area contributed by atoms with Crippen molar-refractivity contribution in [3.63, 3.8) is 0 Å². The van der Waals surface area contributed by atoms with Gasteiger partial charge in [-0.1, -0.05) is 188 Å². The summed E-state index contributed by atoms with van der Waals surface area (Å²) in [6, 6.07) is 91.8. The van der Waals surface area contributed by atoms with E-state index in [0.717, 1.165) is 66.8 Å². The van der Waals surface area contributed by atoms with Gasteiger partial charge in [-0.3, -0.25) is 0 Å². The fourth-order valence-corrected chi connectivity index (χ4v) is 10.1. The third-order valence-electron chi connectivity index (χ3n) is 13.4. The number of hydrogen-bond acceptors (Lipinski definition) is 2. The lowest BCUT2D eigenvalue weighted by Crippen LogP contribution is -2.09. The molecule has 67 heavy (non-hydrogen) atoms. The number of nitrogens with zero attached hydrogens (tertiary/aromatic N) is 2. The van der Waals surface area contributed by atoms with Crippen LogP contribution >= 0.6 is 0 Å². The zero-order valence-electron chi connectivity index (χ0n) is 36.6. The van der Waals surface area contributed by atoms with Gasteiger partial charge in [0.25, 0.3) is 0 Å².